The first-order chi connectivity index (χ1) is 11.5. The molecule has 0 bridgehead atoms. The van der Waals surface area contributed by atoms with Gasteiger partial charge in [-0.15, -0.1) is 0 Å². The van der Waals surface area contributed by atoms with Crippen LogP contribution in [0.3, 0.4) is 0 Å². The van der Waals surface area contributed by atoms with E-state index < -0.39 is 0 Å². The van der Waals surface area contributed by atoms with Gasteiger partial charge in [0.1, 0.15) is 10.7 Å². The van der Waals surface area contributed by atoms with Crippen molar-refractivity contribution in [3.8, 4) is 5.88 Å². The van der Waals surface area contributed by atoms with Gasteiger partial charge >= 0.3 is 6.01 Å². The Kier molecular flexibility index (Phi) is 5.33. The number of hydrogen-bond acceptors (Lipinski definition) is 7. The molecular weight excluding hydrogens is 374 g/mol. The molecule has 130 valence electrons. The van der Waals surface area contributed by atoms with E-state index in [0.717, 1.165) is 31.8 Å². The summed E-state index contributed by atoms with van der Waals surface area (Å²) in [6.45, 7) is 8.00. The van der Waals surface area contributed by atoms with Crippen LogP contribution in [0.15, 0.2) is 21.5 Å². The van der Waals surface area contributed by atoms with Gasteiger partial charge in [-0.05, 0) is 41.6 Å². The van der Waals surface area contributed by atoms with Crippen LogP contribution in [0.4, 0.5) is 6.01 Å². The van der Waals surface area contributed by atoms with Gasteiger partial charge in [0.2, 0.25) is 5.88 Å². The summed E-state index contributed by atoms with van der Waals surface area (Å²) < 4.78 is 12.0. The molecule has 0 aromatic carbocycles. The maximum atomic E-state index is 5.92. The lowest BCUT2D eigenvalue weighted by atomic mass is 9.92. The highest BCUT2D eigenvalue weighted by Gasteiger charge is 2.28. The van der Waals surface area contributed by atoms with Crippen LogP contribution in [0.25, 0.3) is 0 Å². The molecule has 3 heterocycles. The molecule has 7 nitrogen and oxygen atoms in total. The Morgan fingerprint density at radius 2 is 1.96 bits per heavy atom. The van der Waals surface area contributed by atoms with Crippen molar-refractivity contribution in [3.05, 3.63) is 22.8 Å². The van der Waals surface area contributed by atoms with Gasteiger partial charge < -0.3 is 14.2 Å². The Labute approximate surface area is 149 Å². The number of ether oxygens (including phenoxy) is 1. The molecule has 0 spiro atoms. The largest absolute Gasteiger partial charge is 0.473 e. The quantitative estimate of drug-likeness (QED) is 0.766. The summed E-state index contributed by atoms with van der Waals surface area (Å²) in [6, 6.07) is 0.629. The van der Waals surface area contributed by atoms with Gasteiger partial charge in [-0.2, -0.15) is 4.98 Å². The number of rotatable bonds is 5. The second-order valence-corrected chi connectivity index (χ2v) is 7.23. The highest BCUT2D eigenvalue weighted by atomic mass is 79.9. The number of aromatic nitrogens is 4. The number of piperidine rings is 1. The summed E-state index contributed by atoms with van der Waals surface area (Å²) in [4.78, 5) is 15.0. The van der Waals surface area contributed by atoms with Crippen molar-refractivity contribution >= 4 is 21.9 Å². The van der Waals surface area contributed by atoms with E-state index in [2.05, 4.69) is 61.7 Å². The van der Waals surface area contributed by atoms with Crippen LogP contribution in [0.2, 0.25) is 0 Å². The average Bonchev–Trinajstić information content (AvgIpc) is 3.07. The zero-order valence-electron chi connectivity index (χ0n) is 14.1. The number of anilines is 1. The van der Waals surface area contributed by atoms with Gasteiger partial charge in [0, 0.05) is 19.0 Å². The Morgan fingerprint density at radius 3 is 2.54 bits per heavy atom. The van der Waals surface area contributed by atoms with Crippen molar-refractivity contribution in [2.75, 3.05) is 18.0 Å². The van der Waals surface area contributed by atoms with E-state index in [9.17, 15) is 0 Å². The zero-order valence-corrected chi connectivity index (χ0v) is 15.7. The molecule has 0 N–H and O–H groups in total. The SMILES string of the molecule is CC(C)c1noc(N2CCC([C@H](C)Oc3cnc(Br)cn3)CC2)n1. The van der Waals surface area contributed by atoms with E-state index in [1.54, 1.807) is 12.4 Å². The first kappa shape index (κ1) is 17.1. The fourth-order valence-electron chi connectivity index (χ4n) is 2.80. The molecule has 2 aromatic heterocycles. The van der Waals surface area contributed by atoms with Gasteiger partial charge in [-0.25, -0.2) is 9.97 Å². The summed E-state index contributed by atoms with van der Waals surface area (Å²) in [5, 5.41) is 4.04. The van der Waals surface area contributed by atoms with Crippen LogP contribution < -0.4 is 9.64 Å². The van der Waals surface area contributed by atoms with E-state index in [1.165, 1.54) is 0 Å². The second kappa shape index (κ2) is 7.46. The van der Waals surface area contributed by atoms with Crippen molar-refractivity contribution in [1.29, 1.82) is 0 Å². The summed E-state index contributed by atoms with van der Waals surface area (Å²) in [7, 11) is 0. The fraction of sp³-hybridized carbons (Fsp3) is 0.625. The lowest BCUT2D eigenvalue weighted by Gasteiger charge is -2.33. The number of nitrogens with zero attached hydrogens (tertiary/aromatic N) is 5. The van der Waals surface area contributed by atoms with Crippen LogP contribution in [0.5, 0.6) is 5.88 Å². The maximum Gasteiger partial charge on any atom is 0.324 e. The van der Waals surface area contributed by atoms with Crippen LogP contribution in [0.1, 0.15) is 45.4 Å². The molecule has 0 aliphatic carbocycles. The third kappa shape index (κ3) is 4.03. The molecule has 24 heavy (non-hydrogen) atoms. The third-order valence-electron chi connectivity index (χ3n) is 4.32. The van der Waals surface area contributed by atoms with Crippen molar-refractivity contribution < 1.29 is 9.26 Å². The number of hydrogen-bond donors (Lipinski definition) is 0. The van der Waals surface area contributed by atoms with E-state index >= 15 is 0 Å². The molecule has 1 aliphatic heterocycles. The minimum atomic E-state index is 0.0940. The molecule has 0 radical (unpaired) electrons. The molecular formula is C16H22BrN5O2. The Bertz CT molecular complexity index is 653. The van der Waals surface area contributed by atoms with E-state index in [0.29, 0.717) is 22.4 Å². The summed E-state index contributed by atoms with van der Waals surface area (Å²) in [5.74, 6) is 2.07. The van der Waals surface area contributed by atoms with E-state index in [1.807, 2.05) is 0 Å². The highest BCUT2D eigenvalue weighted by Crippen LogP contribution is 2.27. The first-order valence-corrected chi connectivity index (χ1v) is 9.05. The molecule has 0 unspecified atom stereocenters. The lowest BCUT2D eigenvalue weighted by Crippen LogP contribution is -2.39. The molecule has 8 heteroatoms. The predicted octanol–water partition coefficient (Wildman–Crippen LogP) is 3.43. The van der Waals surface area contributed by atoms with E-state index in [4.69, 9.17) is 9.26 Å². The molecule has 0 amide bonds. The minimum Gasteiger partial charge on any atom is -0.473 e. The lowest BCUT2D eigenvalue weighted by molar-refractivity contribution is 0.126. The van der Waals surface area contributed by atoms with Gasteiger partial charge in [-0.3, -0.25) is 0 Å². The van der Waals surface area contributed by atoms with Crippen LogP contribution in [0, 0.1) is 5.92 Å². The highest BCUT2D eigenvalue weighted by molar-refractivity contribution is 9.10. The summed E-state index contributed by atoms with van der Waals surface area (Å²) in [6.07, 6.45) is 5.42. The normalized spacial score (nSPS) is 17.3. The molecule has 1 atom stereocenters. The molecule has 0 saturated carbocycles. The third-order valence-corrected chi connectivity index (χ3v) is 4.73. The van der Waals surface area contributed by atoms with Crippen LogP contribution >= 0.6 is 15.9 Å². The average molecular weight is 396 g/mol. The van der Waals surface area contributed by atoms with Crippen molar-refractivity contribution in [1.82, 2.24) is 20.1 Å². The van der Waals surface area contributed by atoms with E-state index in [-0.39, 0.29) is 12.0 Å². The van der Waals surface area contributed by atoms with Gasteiger partial charge in [0.05, 0.1) is 12.4 Å². The first-order valence-electron chi connectivity index (χ1n) is 8.25. The zero-order chi connectivity index (χ0) is 17.1. The van der Waals surface area contributed by atoms with Gasteiger partial charge in [0.25, 0.3) is 0 Å². The molecule has 2 aromatic rings. The summed E-state index contributed by atoms with van der Waals surface area (Å²) in [5.41, 5.74) is 0. The number of halogens is 1. The van der Waals surface area contributed by atoms with Crippen molar-refractivity contribution in [3.63, 3.8) is 0 Å². The van der Waals surface area contributed by atoms with Crippen LogP contribution in [-0.2, 0) is 0 Å². The Morgan fingerprint density at radius 1 is 1.21 bits per heavy atom. The standard InChI is InChI=1S/C16H22BrN5O2/c1-10(2)15-20-16(24-21-15)22-6-4-12(5-7-22)11(3)23-14-9-18-13(17)8-19-14/h8-12H,4-7H2,1-3H3/t11-/m0/s1. The summed E-state index contributed by atoms with van der Waals surface area (Å²) >= 11 is 3.27. The molecule has 1 fully saturated rings. The molecule has 3 rings (SSSR count). The maximum absolute atomic E-state index is 5.92. The van der Waals surface area contributed by atoms with Gasteiger partial charge in [-0.1, -0.05) is 19.0 Å². The Hall–Kier alpha value is -1.70. The predicted molar refractivity (Wildman–Crippen MR) is 93.1 cm³/mol. The molecule has 1 aliphatic rings. The van der Waals surface area contributed by atoms with Crippen molar-refractivity contribution in [2.45, 2.75) is 45.6 Å². The fourth-order valence-corrected chi connectivity index (χ4v) is 3.00. The Balaban J connectivity index is 1.53. The minimum absolute atomic E-state index is 0.0940. The van der Waals surface area contributed by atoms with Crippen molar-refractivity contribution in [2.24, 2.45) is 5.92 Å². The van der Waals surface area contributed by atoms with Gasteiger partial charge in [0.15, 0.2) is 5.82 Å². The molecule has 1 saturated heterocycles. The topological polar surface area (TPSA) is 77.2 Å². The van der Waals surface area contributed by atoms with Crippen LogP contribution in [-0.4, -0.2) is 39.3 Å². The second-order valence-electron chi connectivity index (χ2n) is 6.41. The monoisotopic (exact) mass is 395 g/mol. The smallest absolute Gasteiger partial charge is 0.324 e.